The molecule has 0 aliphatic rings. The predicted molar refractivity (Wildman–Crippen MR) is 310 cm³/mol. The number of nitrogens with two attached hydrogens (primary N) is 1. The number of unbranched alkanes of at least 4 members (excludes halogenated alkanes) is 2. The summed E-state index contributed by atoms with van der Waals surface area (Å²) in [5.41, 5.74) is 9.10. The number of rotatable bonds is 39. The fourth-order valence-electron chi connectivity index (χ4n) is 7.32. The van der Waals surface area contributed by atoms with E-state index in [1.807, 2.05) is 67.7 Å². The van der Waals surface area contributed by atoms with Crippen molar-refractivity contribution in [2.75, 3.05) is 94.5 Å². The van der Waals surface area contributed by atoms with E-state index < -0.39 is 0 Å². The summed E-state index contributed by atoms with van der Waals surface area (Å²) in [5, 5.41) is 19.0. The third-order valence-electron chi connectivity index (χ3n) is 12.8. The number of hydrogen-bond acceptors (Lipinski definition) is 18. The van der Waals surface area contributed by atoms with Crippen LogP contribution in [0.2, 0.25) is 0 Å². The van der Waals surface area contributed by atoms with Gasteiger partial charge in [0, 0.05) is 82.2 Å². The van der Waals surface area contributed by atoms with Crippen LogP contribution < -0.4 is 21.7 Å². The lowest BCUT2D eigenvalue weighted by Crippen LogP contribution is -2.31. The van der Waals surface area contributed by atoms with Crippen molar-refractivity contribution in [3.63, 3.8) is 0 Å². The second-order valence-corrected chi connectivity index (χ2v) is 24.0. The fraction of sp³-hybridized carbons (Fsp3) is 0.509. The molecular weight excluding hydrogens is 1030 g/mol. The number of hydrogen-bond donors (Lipinski definition) is 5. The predicted octanol–water partition coefficient (Wildman–Crippen LogP) is 12.6. The van der Waals surface area contributed by atoms with E-state index in [-0.39, 0.29) is 86.8 Å². The molecule has 0 heterocycles. The van der Waals surface area contributed by atoms with Crippen LogP contribution in [0.3, 0.4) is 0 Å². The van der Waals surface area contributed by atoms with E-state index in [4.69, 9.17) is 24.7 Å². The Kier molecular flexibility index (Phi) is 29.8. The fourth-order valence-corrected chi connectivity index (χ4v) is 11.2. The monoisotopic (exact) mass is 1110 g/mol. The zero-order chi connectivity index (χ0) is 54.2. The van der Waals surface area contributed by atoms with Gasteiger partial charge in [-0.2, -0.15) is 0 Å². The van der Waals surface area contributed by atoms with Gasteiger partial charge in [0.1, 0.15) is 0 Å². The Morgan fingerprint density at radius 2 is 0.893 bits per heavy atom. The maximum Gasteiger partial charge on any atom is 0.307 e. The lowest BCUT2D eigenvalue weighted by atomic mass is 9.81. The Balaban J connectivity index is 1.03. The highest BCUT2D eigenvalue weighted by molar-refractivity contribution is 8.77. The second kappa shape index (κ2) is 35.6. The number of ether oxygens (including phenoxy) is 4. The highest BCUT2D eigenvalue weighted by Gasteiger charge is 2.24. The van der Waals surface area contributed by atoms with Crippen LogP contribution in [0.15, 0.2) is 117 Å². The molecule has 0 saturated heterocycles. The molecule has 0 saturated carbocycles. The van der Waals surface area contributed by atoms with Gasteiger partial charge in [0.25, 0.3) is 0 Å². The largest absolute Gasteiger partial charge is 0.466 e. The standard InChI is InChI=1S/C57H81N5O9S4/c1-6-57(4,32-42-70-53(65)27-35-61-47-14-22-50(23-15-47)74-72-48-18-10-44(58)11-19-48)33-43-71-55(67)29-38-62(36-8-7-9-39-63)37-28-54(66)69-41-31-56(2,3)30-40-68-52(64)26-34-60-46-16-24-51(25-17-46)75-73-49-20-12-45(59-5)13-21-49/h10-25,59-61,63H,6-9,26-43,58H2,1-5H3. The van der Waals surface area contributed by atoms with Crippen molar-refractivity contribution >= 4 is 89.8 Å². The van der Waals surface area contributed by atoms with Crippen LogP contribution in [0.4, 0.5) is 22.7 Å². The van der Waals surface area contributed by atoms with Gasteiger partial charge in [-0.25, -0.2) is 0 Å². The zero-order valence-electron chi connectivity index (χ0n) is 44.7. The molecular formula is C57H81N5O9S4. The number of esters is 4. The molecule has 0 spiro atoms. The van der Waals surface area contributed by atoms with Crippen molar-refractivity contribution in [1.82, 2.24) is 4.90 Å². The molecule has 0 radical (unpaired) electrons. The molecule has 0 fully saturated rings. The third-order valence-corrected chi connectivity index (χ3v) is 17.6. The maximum absolute atomic E-state index is 12.9. The lowest BCUT2D eigenvalue weighted by molar-refractivity contribution is -0.146. The van der Waals surface area contributed by atoms with Crippen molar-refractivity contribution in [3.8, 4) is 0 Å². The molecule has 75 heavy (non-hydrogen) atoms. The molecule has 4 aromatic carbocycles. The molecule has 0 aliphatic heterocycles. The number of nitrogen functional groups attached to an aromatic ring is 1. The minimum atomic E-state index is -0.307. The highest BCUT2D eigenvalue weighted by atomic mass is 33.1. The Bertz CT molecular complexity index is 2260. The van der Waals surface area contributed by atoms with Gasteiger partial charge in [0.15, 0.2) is 0 Å². The summed E-state index contributed by atoms with van der Waals surface area (Å²) in [6.07, 6.45) is 6.62. The molecule has 6 N–H and O–H groups in total. The topological polar surface area (TPSA) is 191 Å². The Morgan fingerprint density at radius 1 is 0.520 bits per heavy atom. The first-order valence-electron chi connectivity index (χ1n) is 26.1. The first-order valence-corrected chi connectivity index (χ1v) is 30.4. The summed E-state index contributed by atoms with van der Waals surface area (Å²) < 4.78 is 22.4. The van der Waals surface area contributed by atoms with E-state index in [9.17, 15) is 24.3 Å². The van der Waals surface area contributed by atoms with Crippen LogP contribution in [-0.4, -0.2) is 107 Å². The van der Waals surface area contributed by atoms with Crippen LogP contribution in [0.5, 0.6) is 0 Å². The number of anilines is 4. The quantitative estimate of drug-likeness (QED) is 0.00931. The van der Waals surface area contributed by atoms with Gasteiger partial charge in [0.05, 0.1) is 52.1 Å². The van der Waals surface area contributed by atoms with Crippen LogP contribution in [0.1, 0.15) is 105 Å². The van der Waals surface area contributed by atoms with Crippen molar-refractivity contribution in [1.29, 1.82) is 0 Å². The van der Waals surface area contributed by atoms with E-state index in [1.165, 1.54) is 4.90 Å². The number of carbonyl (C=O) groups excluding carboxylic acids is 4. The molecule has 0 aliphatic carbocycles. The third kappa shape index (κ3) is 27.8. The Hall–Kier alpha value is -4.72. The van der Waals surface area contributed by atoms with Crippen LogP contribution in [0, 0.1) is 10.8 Å². The summed E-state index contributed by atoms with van der Waals surface area (Å²) >= 11 is 0. The van der Waals surface area contributed by atoms with E-state index in [1.54, 1.807) is 43.2 Å². The van der Waals surface area contributed by atoms with E-state index >= 15 is 0 Å². The Labute approximate surface area is 462 Å². The lowest BCUT2D eigenvalue weighted by Gasteiger charge is -2.28. The summed E-state index contributed by atoms with van der Waals surface area (Å²) in [7, 11) is 8.64. The van der Waals surface area contributed by atoms with Crippen LogP contribution in [0.25, 0.3) is 0 Å². The average Bonchev–Trinajstić information content (AvgIpc) is 3.40. The molecule has 0 amide bonds. The van der Waals surface area contributed by atoms with Crippen molar-refractivity contribution in [2.24, 2.45) is 10.8 Å². The number of benzene rings is 4. The zero-order valence-corrected chi connectivity index (χ0v) is 47.9. The van der Waals surface area contributed by atoms with Gasteiger partial charge in [-0.05, 0) is 159 Å². The minimum absolute atomic E-state index is 0.123. The minimum Gasteiger partial charge on any atom is -0.466 e. The van der Waals surface area contributed by atoms with Gasteiger partial charge >= 0.3 is 23.9 Å². The molecule has 4 aromatic rings. The first-order chi connectivity index (χ1) is 36.2. The molecule has 1 unspecified atom stereocenters. The van der Waals surface area contributed by atoms with Gasteiger partial charge in [-0.3, -0.25) is 19.2 Å². The summed E-state index contributed by atoms with van der Waals surface area (Å²) in [6.45, 7) is 12.1. The number of aliphatic hydroxyl groups is 1. The molecule has 14 nitrogen and oxygen atoms in total. The van der Waals surface area contributed by atoms with Crippen molar-refractivity contribution in [2.45, 2.75) is 124 Å². The van der Waals surface area contributed by atoms with Crippen molar-refractivity contribution in [3.05, 3.63) is 97.1 Å². The number of carbonyl (C=O) groups is 4. The molecule has 412 valence electrons. The molecule has 18 heteroatoms. The van der Waals surface area contributed by atoms with Crippen LogP contribution in [-0.2, 0) is 38.1 Å². The van der Waals surface area contributed by atoms with Gasteiger partial charge < -0.3 is 50.6 Å². The Morgan fingerprint density at radius 3 is 1.28 bits per heavy atom. The maximum atomic E-state index is 12.9. The highest BCUT2D eigenvalue weighted by Crippen LogP contribution is 2.39. The summed E-state index contributed by atoms with van der Waals surface area (Å²) in [6, 6.07) is 32.3. The van der Waals surface area contributed by atoms with Gasteiger partial charge in [-0.15, -0.1) is 0 Å². The second-order valence-electron chi connectivity index (χ2n) is 19.4. The molecule has 1 atom stereocenters. The summed E-state index contributed by atoms with van der Waals surface area (Å²) in [5.74, 6) is -1.14. The smallest absolute Gasteiger partial charge is 0.307 e. The average molecular weight is 1110 g/mol. The summed E-state index contributed by atoms with van der Waals surface area (Å²) in [4.78, 5) is 57.4. The van der Waals surface area contributed by atoms with Gasteiger partial charge in [-0.1, -0.05) is 77.3 Å². The van der Waals surface area contributed by atoms with E-state index in [0.29, 0.717) is 71.4 Å². The van der Waals surface area contributed by atoms with E-state index in [0.717, 1.165) is 56.7 Å². The molecule has 4 rings (SSSR count). The van der Waals surface area contributed by atoms with Crippen molar-refractivity contribution < 1.29 is 43.2 Å². The molecule has 0 bridgehead atoms. The first kappa shape index (κ1) is 62.8. The number of nitrogens with one attached hydrogen (secondary N) is 3. The normalized spacial score (nSPS) is 12.1. The van der Waals surface area contributed by atoms with Crippen LogP contribution >= 0.6 is 43.2 Å². The van der Waals surface area contributed by atoms with E-state index in [2.05, 4.69) is 84.9 Å². The molecule has 0 aromatic heterocycles. The van der Waals surface area contributed by atoms with Gasteiger partial charge in [0.2, 0.25) is 0 Å². The SMILES string of the molecule is CCC(C)(CCOC(=O)CCNc1ccc(SSc2ccc(N)cc2)cc1)CCOC(=O)CCN(CCCCCO)CCC(=O)OCCC(C)(C)CCOC(=O)CCNc1ccc(SSc2ccc(NC)cc2)cc1. The number of nitrogens with zero attached hydrogens (tertiary/aromatic N) is 1. The number of aliphatic hydroxyl groups excluding tert-OH is 1.